The number of hydrogen-bond acceptors (Lipinski definition) is 5. The van der Waals surface area contributed by atoms with Crippen molar-refractivity contribution in [2.45, 2.75) is 70.1 Å². The number of fused-ring (bicyclic) bond motifs is 2. The van der Waals surface area contributed by atoms with E-state index < -0.39 is 17.6 Å². The van der Waals surface area contributed by atoms with E-state index in [9.17, 15) is 22.8 Å². The Morgan fingerprint density at radius 2 is 1.60 bits per heavy atom. The average Bonchev–Trinajstić information content (AvgIpc) is 3.69. The van der Waals surface area contributed by atoms with Gasteiger partial charge in [0, 0.05) is 24.2 Å². The van der Waals surface area contributed by atoms with Crippen molar-refractivity contribution in [2.24, 2.45) is 5.92 Å². The number of alkyl halides is 3. The van der Waals surface area contributed by atoms with Crippen molar-refractivity contribution < 1.29 is 32.2 Å². The molecule has 7 rings (SSSR count). The van der Waals surface area contributed by atoms with Gasteiger partial charge in [0.15, 0.2) is 11.5 Å². The average molecular weight is 656 g/mol. The summed E-state index contributed by atoms with van der Waals surface area (Å²) in [5.74, 6) is 1.16. The first-order chi connectivity index (χ1) is 23.2. The van der Waals surface area contributed by atoms with Crippen molar-refractivity contribution in [3.8, 4) is 22.6 Å². The molecule has 2 aliphatic heterocycles. The highest BCUT2D eigenvalue weighted by Crippen LogP contribution is 2.38. The molecular weight excluding hydrogens is 619 g/mol. The quantitative estimate of drug-likeness (QED) is 0.202. The number of hydrogen-bond donors (Lipinski definition) is 1. The lowest BCUT2D eigenvalue weighted by Crippen LogP contribution is -2.35. The van der Waals surface area contributed by atoms with Gasteiger partial charge in [-0.1, -0.05) is 68.9 Å². The van der Waals surface area contributed by atoms with Crippen LogP contribution >= 0.6 is 0 Å². The zero-order valence-electron chi connectivity index (χ0n) is 26.4. The molecule has 1 N–H and O–H groups in total. The molecule has 0 bridgehead atoms. The van der Waals surface area contributed by atoms with Crippen molar-refractivity contribution in [1.29, 1.82) is 0 Å². The van der Waals surface area contributed by atoms with Gasteiger partial charge >= 0.3 is 6.18 Å². The molecule has 7 nitrogen and oxygen atoms in total. The number of aromatic nitrogens is 1. The lowest BCUT2D eigenvalue weighted by Gasteiger charge is -2.28. The van der Waals surface area contributed by atoms with Gasteiger partial charge < -0.3 is 19.7 Å². The van der Waals surface area contributed by atoms with Crippen LogP contribution in [0.5, 0.6) is 11.5 Å². The minimum atomic E-state index is -4.44. The predicted molar refractivity (Wildman–Crippen MR) is 175 cm³/mol. The zero-order chi connectivity index (χ0) is 33.3. The molecule has 10 heteroatoms. The maximum absolute atomic E-state index is 14.4. The van der Waals surface area contributed by atoms with Gasteiger partial charge in [-0.3, -0.25) is 9.59 Å². The Morgan fingerprint density at radius 3 is 2.38 bits per heavy atom. The zero-order valence-corrected chi connectivity index (χ0v) is 26.4. The largest absolute Gasteiger partial charge is 0.454 e. The van der Waals surface area contributed by atoms with E-state index in [-0.39, 0.29) is 31.0 Å². The third-order valence-corrected chi connectivity index (χ3v) is 9.59. The van der Waals surface area contributed by atoms with Crippen LogP contribution in [0.15, 0.2) is 79.0 Å². The van der Waals surface area contributed by atoms with Crippen LogP contribution in [0.2, 0.25) is 0 Å². The molecule has 2 amide bonds. The molecular formula is C38H36F3N3O4. The number of carbonyl (C=O) groups is 2. The number of nitrogens with zero attached hydrogens (tertiary/aromatic N) is 2. The summed E-state index contributed by atoms with van der Waals surface area (Å²) in [5, 5.41) is 3.37. The molecule has 1 fully saturated rings. The standard InChI is InChI=1S/C38H36F3N3O4/c39-38(40,41)28-13-9-25(10-14-28)22-42-36(45)33-21-31(37(46)44-17-5-8-29(44)18-24-6-3-1-2-4-7-24)30-19-26(11-15-32(30)43-33)27-12-16-34-35(20-27)48-23-47-34/h5,9-17,19-21,24,29H,1-4,6-8,18,22-23H2,(H,42,45)/t29-/m0/s1. The second kappa shape index (κ2) is 13.3. The highest BCUT2D eigenvalue weighted by molar-refractivity contribution is 6.10. The Labute approximate surface area is 276 Å². The topological polar surface area (TPSA) is 80.8 Å². The summed E-state index contributed by atoms with van der Waals surface area (Å²) in [6.07, 6.45) is 8.52. The summed E-state index contributed by atoms with van der Waals surface area (Å²) >= 11 is 0. The summed E-state index contributed by atoms with van der Waals surface area (Å²) in [6.45, 7) is 0.162. The van der Waals surface area contributed by atoms with Crippen LogP contribution < -0.4 is 14.8 Å². The number of amides is 2. The minimum absolute atomic E-state index is 0.00133. The maximum Gasteiger partial charge on any atom is 0.416 e. The molecule has 0 unspecified atom stereocenters. The summed E-state index contributed by atoms with van der Waals surface area (Å²) in [7, 11) is 0. The molecule has 3 aromatic carbocycles. The monoisotopic (exact) mass is 655 g/mol. The third-order valence-electron chi connectivity index (χ3n) is 9.59. The summed E-state index contributed by atoms with van der Waals surface area (Å²) in [6, 6.07) is 17.5. The van der Waals surface area contributed by atoms with E-state index in [1.54, 1.807) is 6.07 Å². The van der Waals surface area contributed by atoms with Gasteiger partial charge in [0.2, 0.25) is 6.79 Å². The van der Waals surface area contributed by atoms with Crippen LogP contribution in [-0.4, -0.2) is 34.5 Å². The molecule has 48 heavy (non-hydrogen) atoms. The Morgan fingerprint density at radius 1 is 0.875 bits per heavy atom. The normalized spacial score (nSPS) is 17.9. The first kappa shape index (κ1) is 31.7. The molecule has 3 heterocycles. The Kier molecular flexibility index (Phi) is 8.81. The maximum atomic E-state index is 14.4. The van der Waals surface area contributed by atoms with Crippen LogP contribution in [0.25, 0.3) is 22.0 Å². The van der Waals surface area contributed by atoms with Crippen molar-refractivity contribution in [2.75, 3.05) is 6.79 Å². The van der Waals surface area contributed by atoms with E-state index >= 15 is 0 Å². The molecule has 1 aliphatic carbocycles. The van der Waals surface area contributed by atoms with Crippen molar-refractivity contribution >= 4 is 22.7 Å². The number of nitrogens with one attached hydrogen (secondary N) is 1. The third kappa shape index (κ3) is 6.74. The van der Waals surface area contributed by atoms with Crippen LogP contribution in [0, 0.1) is 5.92 Å². The minimum Gasteiger partial charge on any atom is -0.454 e. The molecule has 1 atom stereocenters. The van der Waals surface area contributed by atoms with Gasteiger partial charge in [-0.15, -0.1) is 0 Å². The van der Waals surface area contributed by atoms with Crippen LogP contribution in [0.3, 0.4) is 0 Å². The van der Waals surface area contributed by atoms with E-state index in [1.165, 1.54) is 56.7 Å². The number of rotatable bonds is 7. The van der Waals surface area contributed by atoms with Gasteiger partial charge in [0.05, 0.1) is 16.6 Å². The van der Waals surface area contributed by atoms with Gasteiger partial charge in [-0.05, 0) is 77.9 Å². The van der Waals surface area contributed by atoms with E-state index in [4.69, 9.17) is 9.47 Å². The van der Waals surface area contributed by atoms with Gasteiger partial charge in [-0.25, -0.2) is 4.98 Å². The molecule has 0 spiro atoms. The summed E-state index contributed by atoms with van der Waals surface area (Å²) in [5.41, 5.74) is 2.37. The molecule has 1 saturated carbocycles. The Balaban J connectivity index is 1.20. The van der Waals surface area contributed by atoms with Crippen molar-refractivity contribution in [3.05, 3.63) is 101 Å². The van der Waals surface area contributed by atoms with Crippen molar-refractivity contribution in [3.63, 3.8) is 0 Å². The number of carbonyl (C=O) groups excluding carboxylic acids is 2. The first-order valence-electron chi connectivity index (χ1n) is 16.5. The summed E-state index contributed by atoms with van der Waals surface area (Å²) in [4.78, 5) is 34.3. The van der Waals surface area contributed by atoms with Crippen LogP contribution in [-0.2, 0) is 12.7 Å². The smallest absolute Gasteiger partial charge is 0.416 e. The molecule has 1 aromatic heterocycles. The highest BCUT2D eigenvalue weighted by Gasteiger charge is 2.31. The number of ether oxygens (including phenoxy) is 2. The number of halogens is 3. The van der Waals surface area contributed by atoms with E-state index in [0.29, 0.717) is 39.4 Å². The Bertz CT molecular complexity index is 1860. The van der Waals surface area contributed by atoms with Crippen LogP contribution in [0.1, 0.15) is 83.3 Å². The van der Waals surface area contributed by atoms with E-state index in [1.807, 2.05) is 47.5 Å². The fourth-order valence-corrected chi connectivity index (χ4v) is 6.99. The fraction of sp³-hybridized carbons (Fsp3) is 0.342. The fourth-order valence-electron chi connectivity index (χ4n) is 6.99. The second-order valence-corrected chi connectivity index (χ2v) is 12.8. The molecule has 248 valence electrons. The van der Waals surface area contributed by atoms with E-state index in [2.05, 4.69) is 10.3 Å². The van der Waals surface area contributed by atoms with Crippen LogP contribution in [0.4, 0.5) is 13.2 Å². The lowest BCUT2D eigenvalue weighted by atomic mass is 9.91. The van der Waals surface area contributed by atoms with Gasteiger partial charge in [0.25, 0.3) is 11.8 Å². The molecule has 4 aromatic rings. The summed E-state index contributed by atoms with van der Waals surface area (Å²) < 4.78 is 50.1. The lowest BCUT2D eigenvalue weighted by molar-refractivity contribution is -0.137. The SMILES string of the molecule is O=C(NCc1ccc(C(F)(F)F)cc1)c1cc(C(=O)N2C=CC[C@H]2CC2CCCCCC2)c2cc(-c3ccc4c(c3)OCO4)ccc2n1. The molecule has 3 aliphatic rings. The number of pyridine rings is 1. The molecule has 0 radical (unpaired) electrons. The highest BCUT2D eigenvalue weighted by atomic mass is 19.4. The first-order valence-corrected chi connectivity index (χ1v) is 16.5. The number of benzene rings is 3. The Hall–Kier alpha value is -4.86. The van der Waals surface area contributed by atoms with Gasteiger partial charge in [-0.2, -0.15) is 13.2 Å². The van der Waals surface area contributed by atoms with Crippen molar-refractivity contribution in [1.82, 2.24) is 15.2 Å². The van der Waals surface area contributed by atoms with Gasteiger partial charge in [0.1, 0.15) is 5.69 Å². The second-order valence-electron chi connectivity index (χ2n) is 12.8. The predicted octanol–water partition coefficient (Wildman–Crippen LogP) is 8.67. The van der Waals surface area contributed by atoms with E-state index in [0.717, 1.165) is 36.1 Å². The molecule has 0 saturated heterocycles.